The molecule has 0 aliphatic heterocycles. The number of hydrogen-bond donors (Lipinski definition) is 2. The monoisotopic (exact) mass is 288 g/mol. The minimum atomic E-state index is -1.55. The predicted molar refractivity (Wildman–Crippen MR) is 82.9 cm³/mol. The maximum atomic E-state index is 9.42. The second-order valence-corrected chi connectivity index (χ2v) is 4.94. The van der Waals surface area contributed by atoms with Gasteiger partial charge in [-0.05, 0) is 30.5 Å². The van der Waals surface area contributed by atoms with Gasteiger partial charge in [0.2, 0.25) is 0 Å². The molecule has 0 atom stereocenters. The van der Waals surface area contributed by atoms with Crippen molar-refractivity contribution in [1.82, 2.24) is 9.78 Å². The summed E-state index contributed by atoms with van der Waals surface area (Å²) in [6.07, 6.45) is 1.82. The second-order valence-electron chi connectivity index (χ2n) is 4.94. The molecule has 0 amide bonds. The van der Waals surface area contributed by atoms with Crippen LogP contribution in [0.25, 0.3) is 0 Å². The van der Waals surface area contributed by atoms with E-state index in [2.05, 4.69) is 25.0 Å². The van der Waals surface area contributed by atoms with E-state index in [1.165, 1.54) is 12.8 Å². The quantitative estimate of drug-likeness (QED) is 0.770. The van der Waals surface area contributed by atoms with Crippen molar-refractivity contribution in [3.05, 3.63) is 41.2 Å². The largest absolute Gasteiger partial charge is 0.497 e. The van der Waals surface area contributed by atoms with Crippen LogP contribution in [-0.2, 0) is 19.4 Å². The number of aromatic nitrogens is 2. The van der Waals surface area contributed by atoms with Gasteiger partial charge in [0.25, 0.3) is 0 Å². The van der Waals surface area contributed by atoms with Gasteiger partial charge in [-0.15, -0.1) is 0 Å². The van der Waals surface area contributed by atoms with E-state index in [1.54, 1.807) is 12.1 Å². The molecule has 0 radical (unpaired) electrons. The molecule has 0 spiro atoms. The van der Waals surface area contributed by atoms with Gasteiger partial charge in [-0.25, -0.2) is 0 Å². The summed E-state index contributed by atoms with van der Waals surface area (Å²) in [5.74, 6) is 0.471. The summed E-state index contributed by atoms with van der Waals surface area (Å²) in [7, 11) is -0.0359. The van der Waals surface area contributed by atoms with Crippen molar-refractivity contribution in [2.45, 2.75) is 33.2 Å². The maximum Gasteiger partial charge on any atom is 0.492 e. The highest BCUT2D eigenvalue weighted by atomic mass is 16.5. The first-order valence-corrected chi connectivity index (χ1v) is 7.17. The van der Waals surface area contributed by atoms with E-state index >= 15 is 0 Å². The van der Waals surface area contributed by atoms with Crippen LogP contribution < -0.4 is 10.2 Å². The molecule has 0 bridgehead atoms. The third kappa shape index (κ3) is 3.46. The number of hydrogen-bond acceptors (Lipinski definition) is 4. The van der Waals surface area contributed by atoms with Crippen molar-refractivity contribution in [3.63, 3.8) is 0 Å². The van der Waals surface area contributed by atoms with Crippen LogP contribution in [0.1, 0.15) is 30.8 Å². The fraction of sp³-hybridized carbons (Fsp3) is 0.400. The number of methoxy groups -OCH3 is 1. The molecular formula is C15H21BN2O3. The van der Waals surface area contributed by atoms with Crippen LogP contribution in [0, 0.1) is 0 Å². The van der Waals surface area contributed by atoms with Gasteiger partial charge in [-0.3, -0.25) is 4.68 Å². The lowest BCUT2D eigenvalue weighted by atomic mass is 9.78. The van der Waals surface area contributed by atoms with Gasteiger partial charge in [0.15, 0.2) is 0 Å². The molecule has 0 saturated carbocycles. The first-order chi connectivity index (χ1) is 10.1. The Balaban J connectivity index is 2.31. The smallest absolute Gasteiger partial charge is 0.492 e. The number of benzene rings is 1. The first kappa shape index (κ1) is 15.6. The number of aryl methyl sites for hydroxylation is 2. The first-order valence-electron chi connectivity index (χ1n) is 7.17. The Labute approximate surface area is 125 Å². The molecule has 2 rings (SSSR count). The highest BCUT2D eigenvalue weighted by molar-refractivity contribution is 6.59. The van der Waals surface area contributed by atoms with E-state index in [0.29, 0.717) is 17.8 Å². The van der Waals surface area contributed by atoms with Crippen LogP contribution in [0.5, 0.6) is 5.75 Å². The van der Waals surface area contributed by atoms with Crippen molar-refractivity contribution in [1.29, 1.82) is 0 Å². The van der Waals surface area contributed by atoms with Crippen molar-refractivity contribution >= 4 is 12.6 Å². The van der Waals surface area contributed by atoms with Gasteiger partial charge in [0.1, 0.15) is 5.75 Å². The molecule has 5 nitrogen and oxygen atoms in total. The van der Waals surface area contributed by atoms with E-state index in [1.807, 2.05) is 10.7 Å². The zero-order valence-corrected chi connectivity index (χ0v) is 12.7. The summed E-state index contributed by atoms with van der Waals surface area (Å²) >= 11 is 0. The predicted octanol–water partition coefficient (Wildman–Crippen LogP) is 0.745. The number of nitrogens with zero attached hydrogens (tertiary/aromatic N) is 2. The van der Waals surface area contributed by atoms with Gasteiger partial charge in [-0.1, -0.05) is 26.0 Å². The molecular weight excluding hydrogens is 267 g/mol. The highest BCUT2D eigenvalue weighted by Crippen LogP contribution is 2.13. The highest BCUT2D eigenvalue weighted by Gasteiger charge is 2.18. The van der Waals surface area contributed by atoms with E-state index in [0.717, 1.165) is 24.1 Å². The summed E-state index contributed by atoms with van der Waals surface area (Å²) < 4.78 is 7.10. The number of rotatable bonds is 6. The Morgan fingerprint density at radius 2 is 1.95 bits per heavy atom. The fourth-order valence-corrected chi connectivity index (χ4v) is 2.37. The molecule has 112 valence electrons. The summed E-state index contributed by atoms with van der Waals surface area (Å²) in [5, 5.41) is 23.4. The second kappa shape index (κ2) is 6.78. The van der Waals surface area contributed by atoms with E-state index < -0.39 is 7.12 Å². The van der Waals surface area contributed by atoms with Crippen LogP contribution in [0.15, 0.2) is 24.3 Å². The average molecular weight is 288 g/mol. The van der Waals surface area contributed by atoms with Gasteiger partial charge < -0.3 is 14.8 Å². The lowest BCUT2D eigenvalue weighted by Gasteiger charge is -2.11. The molecule has 1 aromatic heterocycles. The zero-order valence-electron chi connectivity index (χ0n) is 12.7. The lowest BCUT2D eigenvalue weighted by molar-refractivity contribution is 0.403. The maximum absolute atomic E-state index is 9.42. The van der Waals surface area contributed by atoms with Crippen molar-refractivity contribution in [2.75, 3.05) is 7.11 Å². The summed E-state index contributed by atoms with van der Waals surface area (Å²) in [5.41, 5.74) is 3.58. The van der Waals surface area contributed by atoms with E-state index in [4.69, 9.17) is 4.74 Å². The summed E-state index contributed by atoms with van der Waals surface area (Å²) in [4.78, 5) is 0. The van der Waals surface area contributed by atoms with Crippen LogP contribution >= 0.6 is 0 Å². The minimum Gasteiger partial charge on any atom is -0.497 e. The zero-order chi connectivity index (χ0) is 15.4. The number of ether oxygens (including phenoxy) is 1. The third-order valence-corrected chi connectivity index (χ3v) is 3.54. The Kier molecular flexibility index (Phi) is 5.04. The molecule has 21 heavy (non-hydrogen) atoms. The van der Waals surface area contributed by atoms with Gasteiger partial charge >= 0.3 is 7.12 Å². The fourth-order valence-electron chi connectivity index (χ4n) is 2.37. The average Bonchev–Trinajstić information content (AvgIpc) is 2.89. The standard InChI is InChI=1S/C15H21BN2O3/c1-4-12-9-13(5-2)18(17-12)10-11-6-7-15(21-3)14(8-11)16(19)20/h6-9,19-20H,4-5,10H2,1-3H3. The van der Waals surface area contributed by atoms with Crippen molar-refractivity contribution in [3.8, 4) is 5.75 Å². The van der Waals surface area contributed by atoms with Gasteiger partial charge in [-0.2, -0.15) is 5.10 Å². The van der Waals surface area contributed by atoms with Crippen LogP contribution in [0.4, 0.5) is 0 Å². The molecule has 0 fully saturated rings. The van der Waals surface area contributed by atoms with E-state index in [9.17, 15) is 10.0 Å². The topological polar surface area (TPSA) is 67.5 Å². The molecule has 0 unspecified atom stereocenters. The molecule has 1 heterocycles. The molecule has 1 aromatic carbocycles. The molecule has 6 heteroatoms. The van der Waals surface area contributed by atoms with Gasteiger partial charge in [0.05, 0.1) is 19.3 Å². The molecule has 0 aliphatic carbocycles. The Bertz CT molecular complexity index is 611. The third-order valence-electron chi connectivity index (χ3n) is 3.54. The lowest BCUT2D eigenvalue weighted by Crippen LogP contribution is -2.31. The summed E-state index contributed by atoms with van der Waals surface area (Å²) in [6, 6.07) is 7.53. The molecule has 2 aromatic rings. The summed E-state index contributed by atoms with van der Waals surface area (Å²) in [6.45, 7) is 4.79. The van der Waals surface area contributed by atoms with E-state index in [-0.39, 0.29) is 0 Å². The SMILES string of the molecule is CCc1cc(CC)n(Cc2ccc(OC)c(B(O)O)c2)n1. The van der Waals surface area contributed by atoms with Crippen LogP contribution in [0.2, 0.25) is 0 Å². The molecule has 0 aliphatic rings. The minimum absolute atomic E-state index is 0.371. The van der Waals surface area contributed by atoms with Crippen molar-refractivity contribution < 1.29 is 14.8 Å². The van der Waals surface area contributed by atoms with Crippen molar-refractivity contribution in [2.24, 2.45) is 0 Å². The Hall–Kier alpha value is -1.79. The Morgan fingerprint density at radius 1 is 1.19 bits per heavy atom. The van der Waals surface area contributed by atoms with Crippen LogP contribution in [-0.4, -0.2) is 34.1 Å². The Morgan fingerprint density at radius 3 is 2.52 bits per heavy atom. The van der Waals surface area contributed by atoms with Crippen LogP contribution in [0.3, 0.4) is 0 Å². The molecule has 0 saturated heterocycles. The normalized spacial score (nSPS) is 10.7. The molecule has 2 N–H and O–H groups in total. The van der Waals surface area contributed by atoms with Gasteiger partial charge in [0, 0.05) is 11.2 Å².